The number of benzene rings is 1. The van der Waals surface area contributed by atoms with Gasteiger partial charge in [-0.3, -0.25) is 4.79 Å². The number of carbonyl (C=O) groups is 1. The first-order chi connectivity index (χ1) is 9.25. The third-order valence-corrected chi connectivity index (χ3v) is 4.22. The SMILES string of the molecule is CC1CN(C(=O)C2CCCc3ccccc32)CCO1. The molecule has 102 valence electrons. The summed E-state index contributed by atoms with van der Waals surface area (Å²) >= 11 is 0. The van der Waals surface area contributed by atoms with Crippen LogP contribution in [0.3, 0.4) is 0 Å². The van der Waals surface area contributed by atoms with E-state index in [9.17, 15) is 4.79 Å². The normalized spacial score (nSPS) is 26.9. The molecule has 1 saturated heterocycles. The van der Waals surface area contributed by atoms with Gasteiger partial charge in [0, 0.05) is 13.1 Å². The minimum atomic E-state index is 0.0650. The van der Waals surface area contributed by atoms with Gasteiger partial charge in [0.25, 0.3) is 0 Å². The number of morpholine rings is 1. The number of carbonyl (C=O) groups excluding carboxylic acids is 1. The average Bonchev–Trinajstić information content (AvgIpc) is 2.46. The topological polar surface area (TPSA) is 29.5 Å². The smallest absolute Gasteiger partial charge is 0.230 e. The Labute approximate surface area is 114 Å². The summed E-state index contributed by atoms with van der Waals surface area (Å²) in [7, 11) is 0. The maximum absolute atomic E-state index is 12.7. The van der Waals surface area contributed by atoms with Gasteiger partial charge < -0.3 is 9.64 Å². The molecule has 2 atom stereocenters. The van der Waals surface area contributed by atoms with Gasteiger partial charge in [-0.25, -0.2) is 0 Å². The van der Waals surface area contributed by atoms with Gasteiger partial charge >= 0.3 is 0 Å². The number of nitrogens with zero attached hydrogens (tertiary/aromatic N) is 1. The van der Waals surface area contributed by atoms with E-state index >= 15 is 0 Å². The predicted molar refractivity (Wildman–Crippen MR) is 74.1 cm³/mol. The van der Waals surface area contributed by atoms with E-state index in [1.807, 2.05) is 17.9 Å². The minimum absolute atomic E-state index is 0.0650. The Morgan fingerprint density at radius 1 is 1.37 bits per heavy atom. The molecule has 3 nitrogen and oxygen atoms in total. The Hall–Kier alpha value is -1.35. The first kappa shape index (κ1) is 12.7. The number of ether oxygens (including phenoxy) is 1. The zero-order valence-electron chi connectivity index (χ0n) is 11.5. The van der Waals surface area contributed by atoms with Crippen molar-refractivity contribution in [2.45, 2.75) is 38.2 Å². The van der Waals surface area contributed by atoms with Gasteiger partial charge in [0.15, 0.2) is 0 Å². The number of rotatable bonds is 1. The third kappa shape index (κ3) is 2.52. The van der Waals surface area contributed by atoms with Gasteiger partial charge in [-0.2, -0.15) is 0 Å². The van der Waals surface area contributed by atoms with E-state index in [2.05, 4.69) is 18.2 Å². The van der Waals surface area contributed by atoms with Crippen LogP contribution in [0.4, 0.5) is 0 Å². The highest BCUT2D eigenvalue weighted by atomic mass is 16.5. The van der Waals surface area contributed by atoms with E-state index in [4.69, 9.17) is 4.74 Å². The minimum Gasteiger partial charge on any atom is -0.375 e. The lowest BCUT2D eigenvalue weighted by molar-refractivity contribution is -0.140. The Balaban J connectivity index is 1.81. The maximum Gasteiger partial charge on any atom is 0.230 e. The lowest BCUT2D eigenvalue weighted by Gasteiger charge is -2.35. The Kier molecular flexibility index (Phi) is 3.56. The fourth-order valence-electron chi connectivity index (χ4n) is 3.25. The molecular formula is C16H21NO2. The van der Waals surface area contributed by atoms with Crippen LogP contribution in [0.15, 0.2) is 24.3 Å². The van der Waals surface area contributed by atoms with Crippen molar-refractivity contribution < 1.29 is 9.53 Å². The molecule has 1 fully saturated rings. The molecule has 1 heterocycles. The van der Waals surface area contributed by atoms with E-state index in [0.29, 0.717) is 12.5 Å². The molecular weight excluding hydrogens is 238 g/mol. The summed E-state index contributed by atoms with van der Waals surface area (Å²) in [4.78, 5) is 14.7. The molecule has 1 aromatic rings. The highest BCUT2D eigenvalue weighted by Gasteiger charge is 2.31. The second-order valence-corrected chi connectivity index (χ2v) is 5.61. The Morgan fingerprint density at radius 2 is 2.21 bits per heavy atom. The molecule has 19 heavy (non-hydrogen) atoms. The van der Waals surface area contributed by atoms with Crippen LogP contribution in [0.1, 0.15) is 36.8 Å². The lowest BCUT2D eigenvalue weighted by Crippen LogP contribution is -2.46. The maximum atomic E-state index is 12.7. The average molecular weight is 259 g/mol. The molecule has 1 amide bonds. The van der Waals surface area contributed by atoms with Crippen LogP contribution in [0.5, 0.6) is 0 Å². The number of hydrogen-bond donors (Lipinski definition) is 0. The standard InChI is InChI=1S/C16H21NO2/c1-12-11-17(9-10-19-12)16(18)15-8-4-6-13-5-2-3-7-14(13)15/h2-3,5,7,12,15H,4,6,8-11H2,1H3. The van der Waals surface area contributed by atoms with Crippen LogP contribution < -0.4 is 0 Å². The van der Waals surface area contributed by atoms with Gasteiger partial charge in [-0.15, -0.1) is 0 Å². The number of amides is 1. The van der Waals surface area contributed by atoms with E-state index in [1.54, 1.807) is 0 Å². The van der Waals surface area contributed by atoms with E-state index in [1.165, 1.54) is 11.1 Å². The Bertz CT molecular complexity index is 472. The molecule has 1 aliphatic heterocycles. The van der Waals surface area contributed by atoms with Crippen molar-refractivity contribution in [2.75, 3.05) is 19.7 Å². The highest BCUT2D eigenvalue weighted by molar-refractivity contribution is 5.84. The van der Waals surface area contributed by atoms with Crippen LogP contribution in [0.25, 0.3) is 0 Å². The molecule has 0 N–H and O–H groups in total. The molecule has 2 aliphatic rings. The Morgan fingerprint density at radius 3 is 3.05 bits per heavy atom. The quantitative estimate of drug-likeness (QED) is 0.775. The molecule has 3 heteroatoms. The van der Waals surface area contributed by atoms with Crippen LogP contribution in [0, 0.1) is 0 Å². The summed E-state index contributed by atoms with van der Waals surface area (Å²) in [6, 6.07) is 8.41. The van der Waals surface area contributed by atoms with E-state index < -0.39 is 0 Å². The van der Waals surface area contributed by atoms with Crippen LogP contribution >= 0.6 is 0 Å². The summed E-state index contributed by atoms with van der Waals surface area (Å²) in [6.07, 6.45) is 3.38. The zero-order chi connectivity index (χ0) is 13.2. The van der Waals surface area contributed by atoms with E-state index in [0.717, 1.165) is 32.4 Å². The largest absolute Gasteiger partial charge is 0.375 e. The van der Waals surface area contributed by atoms with Crippen molar-refractivity contribution in [3.8, 4) is 0 Å². The fourth-order valence-corrected chi connectivity index (χ4v) is 3.25. The first-order valence-corrected chi connectivity index (χ1v) is 7.24. The lowest BCUT2D eigenvalue weighted by atomic mass is 9.82. The predicted octanol–water partition coefficient (Wildman–Crippen LogP) is 2.35. The van der Waals surface area contributed by atoms with Crippen molar-refractivity contribution in [3.63, 3.8) is 0 Å². The van der Waals surface area contributed by atoms with Gasteiger partial charge in [0.2, 0.25) is 5.91 Å². The summed E-state index contributed by atoms with van der Waals surface area (Å²) in [5.74, 6) is 0.359. The first-order valence-electron chi connectivity index (χ1n) is 7.24. The molecule has 1 aromatic carbocycles. The van der Waals surface area contributed by atoms with Crippen LogP contribution in [-0.4, -0.2) is 36.6 Å². The van der Waals surface area contributed by atoms with Crippen molar-refractivity contribution in [2.24, 2.45) is 0 Å². The molecule has 0 spiro atoms. The van der Waals surface area contributed by atoms with Crippen molar-refractivity contribution in [1.82, 2.24) is 4.90 Å². The second-order valence-electron chi connectivity index (χ2n) is 5.61. The molecule has 1 aliphatic carbocycles. The number of hydrogen-bond acceptors (Lipinski definition) is 2. The van der Waals surface area contributed by atoms with Gasteiger partial charge in [-0.05, 0) is 37.3 Å². The molecule has 0 saturated carbocycles. The van der Waals surface area contributed by atoms with Gasteiger partial charge in [0.1, 0.15) is 0 Å². The van der Waals surface area contributed by atoms with Crippen molar-refractivity contribution in [1.29, 1.82) is 0 Å². The van der Waals surface area contributed by atoms with Gasteiger partial charge in [0.05, 0.1) is 18.6 Å². The van der Waals surface area contributed by atoms with Crippen LogP contribution in [-0.2, 0) is 16.0 Å². The zero-order valence-corrected chi connectivity index (χ0v) is 11.5. The summed E-state index contributed by atoms with van der Waals surface area (Å²) in [6.45, 7) is 4.18. The number of fused-ring (bicyclic) bond motifs is 1. The summed E-state index contributed by atoms with van der Waals surface area (Å²) in [5, 5.41) is 0. The fraction of sp³-hybridized carbons (Fsp3) is 0.562. The van der Waals surface area contributed by atoms with E-state index in [-0.39, 0.29) is 12.0 Å². The van der Waals surface area contributed by atoms with Gasteiger partial charge in [-0.1, -0.05) is 24.3 Å². The van der Waals surface area contributed by atoms with Crippen molar-refractivity contribution >= 4 is 5.91 Å². The third-order valence-electron chi connectivity index (χ3n) is 4.22. The second kappa shape index (κ2) is 5.33. The highest BCUT2D eigenvalue weighted by Crippen LogP contribution is 2.33. The summed E-state index contributed by atoms with van der Waals surface area (Å²) in [5.41, 5.74) is 2.60. The number of aryl methyl sites for hydroxylation is 1. The molecule has 3 rings (SSSR count). The molecule has 0 bridgehead atoms. The molecule has 0 aromatic heterocycles. The summed E-state index contributed by atoms with van der Waals surface area (Å²) < 4.78 is 5.52. The van der Waals surface area contributed by atoms with Crippen LogP contribution in [0.2, 0.25) is 0 Å². The molecule has 0 radical (unpaired) electrons. The molecule has 2 unspecified atom stereocenters. The van der Waals surface area contributed by atoms with Crippen molar-refractivity contribution in [3.05, 3.63) is 35.4 Å². The monoisotopic (exact) mass is 259 g/mol.